The molecular weight excluding hydrogens is 826 g/mol. The quantitative estimate of drug-likeness (QED) is 0.164. The molecule has 15 rings (SSSR count). The summed E-state index contributed by atoms with van der Waals surface area (Å²) in [4.78, 5) is 8.11. The van der Waals surface area contributed by atoms with Gasteiger partial charge < -0.3 is 14.7 Å². The molecule has 2 atom stereocenters. The molecule has 0 amide bonds. The standard InChI is InChI=1S/C59H46BN3S2/c1-57(2)43-18-13-21-46-54(43)60-55-44(57)19-14-22-47(55)62(36-26-28-41-39-16-6-10-24-51(39)65-53(41)34-36)49-32-37(63-45-20-8-7-17-42(45)58(3)29-11-12-30-59(58,63)4)31-48(56(49)60)61(46)35-25-27-40-38-15-5-9-23-50(38)64-52(40)33-35/h5-10,13-28,31-34H,11-12,29-30H2,1-4H3. The van der Waals surface area contributed by atoms with Gasteiger partial charge in [-0.1, -0.05) is 125 Å². The van der Waals surface area contributed by atoms with Gasteiger partial charge in [0, 0.05) is 96.7 Å². The molecule has 312 valence electrons. The summed E-state index contributed by atoms with van der Waals surface area (Å²) in [6.45, 7) is 10.1. The monoisotopic (exact) mass is 871 g/mol. The normalized spacial score (nSPS) is 20.8. The molecule has 5 aliphatic rings. The average Bonchev–Trinajstić information content (AvgIpc) is 3.95. The molecule has 1 saturated carbocycles. The van der Waals surface area contributed by atoms with Gasteiger partial charge in [-0.2, -0.15) is 0 Å². The molecule has 6 heteroatoms. The van der Waals surface area contributed by atoms with Crippen LogP contribution in [0.4, 0.5) is 45.5 Å². The first kappa shape index (κ1) is 36.9. The van der Waals surface area contributed by atoms with Crippen molar-refractivity contribution >= 4 is 132 Å². The lowest BCUT2D eigenvalue weighted by Gasteiger charge is -2.52. The molecule has 8 aromatic carbocycles. The highest BCUT2D eigenvalue weighted by Gasteiger charge is 2.58. The predicted octanol–water partition coefficient (Wildman–Crippen LogP) is 14.9. The topological polar surface area (TPSA) is 9.72 Å². The van der Waals surface area contributed by atoms with Gasteiger partial charge in [0.2, 0.25) is 0 Å². The summed E-state index contributed by atoms with van der Waals surface area (Å²) in [7, 11) is 0. The lowest BCUT2D eigenvalue weighted by Crippen LogP contribution is -2.67. The first-order valence-electron chi connectivity index (χ1n) is 23.5. The van der Waals surface area contributed by atoms with E-state index < -0.39 is 0 Å². The number of nitrogens with zero attached hydrogens (tertiary/aromatic N) is 3. The van der Waals surface area contributed by atoms with E-state index in [1.807, 2.05) is 22.7 Å². The van der Waals surface area contributed by atoms with Crippen molar-refractivity contribution in [2.24, 2.45) is 0 Å². The maximum Gasteiger partial charge on any atom is 0.252 e. The van der Waals surface area contributed by atoms with Gasteiger partial charge in [-0.25, -0.2) is 0 Å². The van der Waals surface area contributed by atoms with E-state index in [1.165, 1.54) is 138 Å². The van der Waals surface area contributed by atoms with Crippen LogP contribution >= 0.6 is 22.7 Å². The molecule has 0 bridgehead atoms. The molecular formula is C59H46BN3S2. The van der Waals surface area contributed by atoms with E-state index in [0.29, 0.717) is 0 Å². The Morgan fingerprint density at radius 3 is 1.51 bits per heavy atom. The molecule has 0 spiro atoms. The van der Waals surface area contributed by atoms with Crippen LogP contribution in [-0.2, 0) is 10.8 Å². The zero-order valence-electron chi connectivity index (χ0n) is 37.1. The predicted molar refractivity (Wildman–Crippen MR) is 281 cm³/mol. The average molecular weight is 872 g/mol. The fourth-order valence-corrected chi connectivity index (χ4v) is 16.1. The van der Waals surface area contributed by atoms with E-state index in [2.05, 4.69) is 200 Å². The molecule has 65 heavy (non-hydrogen) atoms. The van der Waals surface area contributed by atoms with Crippen molar-refractivity contribution in [3.05, 3.63) is 174 Å². The summed E-state index contributed by atoms with van der Waals surface area (Å²) in [5.74, 6) is 0. The number of benzene rings is 8. The third-order valence-electron chi connectivity index (χ3n) is 17.0. The van der Waals surface area contributed by atoms with Crippen LogP contribution in [-0.4, -0.2) is 12.3 Å². The minimum atomic E-state index is -0.205. The number of thiophene rings is 2. The van der Waals surface area contributed by atoms with E-state index in [4.69, 9.17) is 0 Å². The van der Waals surface area contributed by atoms with Crippen LogP contribution in [0.5, 0.6) is 0 Å². The van der Waals surface area contributed by atoms with Crippen molar-refractivity contribution in [1.29, 1.82) is 0 Å². The van der Waals surface area contributed by atoms with Crippen LogP contribution in [0.15, 0.2) is 158 Å². The van der Waals surface area contributed by atoms with Crippen LogP contribution in [0, 0.1) is 0 Å². The van der Waals surface area contributed by atoms with Crippen LogP contribution in [0.3, 0.4) is 0 Å². The second-order valence-corrected chi connectivity index (χ2v) is 22.5. The smallest absolute Gasteiger partial charge is 0.252 e. The molecule has 4 aliphatic heterocycles. The third kappa shape index (κ3) is 4.53. The maximum absolute atomic E-state index is 2.79. The molecule has 1 fully saturated rings. The molecule has 0 radical (unpaired) electrons. The van der Waals surface area contributed by atoms with Crippen LogP contribution in [0.2, 0.25) is 0 Å². The first-order chi connectivity index (χ1) is 31.7. The highest BCUT2D eigenvalue weighted by molar-refractivity contribution is 7.26. The van der Waals surface area contributed by atoms with Crippen molar-refractivity contribution in [2.75, 3.05) is 14.7 Å². The van der Waals surface area contributed by atoms with E-state index in [9.17, 15) is 0 Å². The van der Waals surface area contributed by atoms with Gasteiger partial charge in [-0.05, 0) is 120 Å². The number of hydrogen-bond donors (Lipinski definition) is 0. The highest BCUT2D eigenvalue weighted by Crippen LogP contribution is 2.62. The fourth-order valence-electron chi connectivity index (χ4n) is 13.8. The number of para-hydroxylation sites is 1. The summed E-state index contributed by atoms with van der Waals surface area (Å²) in [6.07, 6.45) is 4.85. The lowest BCUT2D eigenvalue weighted by molar-refractivity contribution is 0.195. The van der Waals surface area contributed by atoms with Gasteiger partial charge in [0.1, 0.15) is 0 Å². The molecule has 0 saturated heterocycles. The van der Waals surface area contributed by atoms with Crippen molar-refractivity contribution in [2.45, 2.75) is 69.7 Å². The molecule has 10 aromatic rings. The van der Waals surface area contributed by atoms with E-state index in [1.54, 1.807) is 0 Å². The third-order valence-corrected chi connectivity index (χ3v) is 19.2. The van der Waals surface area contributed by atoms with Crippen LogP contribution < -0.4 is 31.1 Å². The Bertz CT molecular complexity index is 3550. The van der Waals surface area contributed by atoms with Gasteiger partial charge in [-0.15, -0.1) is 22.7 Å². The largest absolute Gasteiger partial charge is 0.334 e. The molecule has 2 aromatic heterocycles. The van der Waals surface area contributed by atoms with E-state index in [-0.39, 0.29) is 23.1 Å². The van der Waals surface area contributed by atoms with Crippen molar-refractivity contribution in [1.82, 2.24) is 0 Å². The Kier molecular flexibility index (Phi) is 7.11. The second-order valence-electron chi connectivity index (χ2n) is 20.3. The summed E-state index contributed by atoms with van der Waals surface area (Å²) in [6, 6.07) is 61.2. The minimum Gasteiger partial charge on any atom is -0.334 e. The van der Waals surface area contributed by atoms with Gasteiger partial charge >= 0.3 is 0 Å². The van der Waals surface area contributed by atoms with Crippen LogP contribution in [0.25, 0.3) is 40.3 Å². The van der Waals surface area contributed by atoms with Crippen molar-refractivity contribution < 1.29 is 0 Å². The van der Waals surface area contributed by atoms with Crippen LogP contribution in [0.1, 0.15) is 70.1 Å². The second kappa shape index (κ2) is 12.5. The summed E-state index contributed by atoms with van der Waals surface area (Å²) >= 11 is 3.82. The minimum absolute atomic E-state index is 0.0325. The Morgan fingerprint density at radius 1 is 0.415 bits per heavy atom. The molecule has 2 unspecified atom stereocenters. The van der Waals surface area contributed by atoms with E-state index in [0.717, 1.165) is 6.42 Å². The molecule has 3 nitrogen and oxygen atoms in total. The Morgan fingerprint density at radius 2 is 0.908 bits per heavy atom. The fraction of sp³-hybridized carbons (Fsp3) is 0.186. The molecule has 0 N–H and O–H groups in total. The highest BCUT2D eigenvalue weighted by atomic mass is 32.1. The number of hydrogen-bond acceptors (Lipinski definition) is 5. The Balaban J connectivity index is 1.07. The Hall–Kier alpha value is -6.34. The summed E-state index contributed by atoms with van der Waals surface area (Å²) in [5.41, 5.74) is 18.6. The summed E-state index contributed by atoms with van der Waals surface area (Å²) in [5, 5.41) is 5.33. The zero-order valence-corrected chi connectivity index (χ0v) is 38.7. The molecule has 6 heterocycles. The SMILES string of the molecule is CC1(C)c2cccc3c2B2c4c(cc(N5c6ccccc6C6(C)CCCCC56C)cc4N(c4ccc5c(c4)sc4ccccc45)c4cccc1c42)N3c1ccc2c(c1)sc1ccccc12. The van der Waals surface area contributed by atoms with Crippen molar-refractivity contribution in [3.63, 3.8) is 0 Å². The zero-order chi connectivity index (χ0) is 43.1. The van der Waals surface area contributed by atoms with Crippen molar-refractivity contribution in [3.8, 4) is 0 Å². The number of rotatable bonds is 3. The van der Waals surface area contributed by atoms with Gasteiger partial charge in [0.15, 0.2) is 0 Å². The van der Waals surface area contributed by atoms with Gasteiger partial charge in [-0.3, -0.25) is 0 Å². The molecule has 1 aliphatic carbocycles. The maximum atomic E-state index is 2.79. The lowest BCUT2D eigenvalue weighted by atomic mass is 9.28. The summed E-state index contributed by atoms with van der Waals surface area (Å²) < 4.78 is 5.32. The number of fused-ring (bicyclic) bond motifs is 9. The van der Waals surface area contributed by atoms with Gasteiger partial charge in [0.25, 0.3) is 6.71 Å². The van der Waals surface area contributed by atoms with E-state index >= 15 is 0 Å². The first-order valence-corrected chi connectivity index (χ1v) is 25.1. The Labute approximate surface area is 388 Å². The van der Waals surface area contributed by atoms with Gasteiger partial charge in [0.05, 0.1) is 5.54 Å². The number of anilines is 8.